The van der Waals surface area contributed by atoms with Gasteiger partial charge in [0.15, 0.2) is 0 Å². The monoisotopic (exact) mass is 518 g/mol. The second-order valence-electron chi connectivity index (χ2n) is 7.92. The van der Waals surface area contributed by atoms with Gasteiger partial charge in [-0.25, -0.2) is 21.1 Å². The molecule has 35 heavy (non-hydrogen) atoms. The lowest BCUT2D eigenvalue weighted by atomic mass is 10.2. The third kappa shape index (κ3) is 6.21. The van der Waals surface area contributed by atoms with Crippen molar-refractivity contribution in [3.63, 3.8) is 0 Å². The molecule has 188 valence electrons. The van der Waals surface area contributed by atoms with Gasteiger partial charge in [0, 0.05) is 32.7 Å². The molecular formula is C25H30N2O6S2. The Bertz CT molecular complexity index is 1340. The van der Waals surface area contributed by atoms with E-state index in [1.807, 2.05) is 37.3 Å². The molecule has 0 aliphatic rings. The quantitative estimate of drug-likeness (QED) is 0.384. The smallest absolute Gasteiger partial charge is 0.243 e. The Hall–Kier alpha value is -2.92. The van der Waals surface area contributed by atoms with Crippen molar-refractivity contribution >= 4 is 20.0 Å². The minimum atomic E-state index is -3.99. The lowest BCUT2D eigenvalue weighted by Crippen LogP contribution is -2.30. The van der Waals surface area contributed by atoms with Crippen LogP contribution in [0.1, 0.15) is 18.1 Å². The molecule has 0 aromatic heterocycles. The van der Waals surface area contributed by atoms with Crippen LogP contribution in [0.25, 0.3) is 0 Å². The van der Waals surface area contributed by atoms with Crippen molar-refractivity contribution in [2.45, 2.75) is 29.8 Å². The van der Waals surface area contributed by atoms with Crippen LogP contribution in [0.2, 0.25) is 0 Å². The van der Waals surface area contributed by atoms with E-state index < -0.39 is 20.0 Å². The van der Waals surface area contributed by atoms with Crippen LogP contribution in [0, 0.1) is 0 Å². The Labute approximate surface area is 207 Å². The van der Waals surface area contributed by atoms with Crippen LogP contribution in [-0.2, 0) is 33.1 Å². The maximum atomic E-state index is 13.7. The Balaban J connectivity index is 2.01. The van der Waals surface area contributed by atoms with Gasteiger partial charge in [0.05, 0.1) is 23.5 Å². The van der Waals surface area contributed by atoms with Gasteiger partial charge in [0.2, 0.25) is 20.0 Å². The zero-order chi connectivity index (χ0) is 25.6. The third-order valence-electron chi connectivity index (χ3n) is 5.38. The molecule has 3 aromatic carbocycles. The molecule has 0 aliphatic heterocycles. The molecule has 8 nitrogen and oxygen atoms in total. The Morgan fingerprint density at radius 1 is 0.743 bits per heavy atom. The van der Waals surface area contributed by atoms with E-state index >= 15 is 0 Å². The molecular weight excluding hydrogens is 488 g/mol. The van der Waals surface area contributed by atoms with Crippen LogP contribution < -0.4 is 9.47 Å². The van der Waals surface area contributed by atoms with E-state index in [9.17, 15) is 16.8 Å². The number of sulfonamides is 2. The normalized spacial score (nSPS) is 12.2. The summed E-state index contributed by atoms with van der Waals surface area (Å²) in [5.41, 5.74) is 1.49. The fourth-order valence-electron chi connectivity index (χ4n) is 3.42. The average Bonchev–Trinajstić information content (AvgIpc) is 2.85. The minimum absolute atomic E-state index is 0.00221. The van der Waals surface area contributed by atoms with Gasteiger partial charge in [0.1, 0.15) is 11.5 Å². The summed E-state index contributed by atoms with van der Waals surface area (Å²) in [7, 11) is -3.26. The number of para-hydroxylation sites is 1. The zero-order valence-electron chi connectivity index (χ0n) is 20.2. The first-order valence-corrected chi connectivity index (χ1v) is 13.8. The molecule has 0 N–H and O–H groups in total. The molecule has 0 unspecified atom stereocenters. The van der Waals surface area contributed by atoms with Crippen LogP contribution in [0.15, 0.2) is 82.6 Å². The number of methoxy groups -OCH3 is 1. The van der Waals surface area contributed by atoms with Crippen molar-refractivity contribution < 1.29 is 26.3 Å². The highest BCUT2D eigenvalue weighted by Crippen LogP contribution is 2.27. The zero-order valence-corrected chi connectivity index (χ0v) is 21.8. The molecule has 3 rings (SSSR count). The molecule has 0 heterocycles. The topological polar surface area (TPSA) is 93.2 Å². The molecule has 0 spiro atoms. The predicted molar refractivity (Wildman–Crippen MR) is 134 cm³/mol. The highest BCUT2D eigenvalue weighted by molar-refractivity contribution is 7.89. The molecule has 0 saturated carbocycles. The summed E-state index contributed by atoms with van der Waals surface area (Å²) in [6.07, 6.45) is 0. The van der Waals surface area contributed by atoms with E-state index in [1.54, 1.807) is 25.3 Å². The number of hydrogen-bond acceptors (Lipinski definition) is 6. The number of nitrogens with zero attached hydrogens (tertiary/aromatic N) is 2. The summed E-state index contributed by atoms with van der Waals surface area (Å²) >= 11 is 0. The van der Waals surface area contributed by atoms with Crippen LogP contribution in [0.5, 0.6) is 11.5 Å². The van der Waals surface area contributed by atoms with E-state index in [1.165, 1.54) is 42.7 Å². The minimum Gasteiger partial charge on any atom is -0.497 e. The first-order valence-electron chi connectivity index (χ1n) is 11.0. The average molecular weight is 519 g/mol. The largest absolute Gasteiger partial charge is 0.497 e. The summed E-state index contributed by atoms with van der Waals surface area (Å²) in [6, 6.07) is 19.7. The predicted octanol–water partition coefficient (Wildman–Crippen LogP) is 3.74. The first-order chi connectivity index (χ1) is 16.6. The van der Waals surface area contributed by atoms with Gasteiger partial charge in [-0.15, -0.1) is 0 Å². The van der Waals surface area contributed by atoms with Crippen molar-refractivity contribution in [3.8, 4) is 11.5 Å². The van der Waals surface area contributed by atoms with Gasteiger partial charge < -0.3 is 9.47 Å². The number of benzene rings is 3. The van der Waals surface area contributed by atoms with Crippen LogP contribution in [0.4, 0.5) is 0 Å². The van der Waals surface area contributed by atoms with E-state index in [0.29, 0.717) is 18.1 Å². The van der Waals surface area contributed by atoms with E-state index in [2.05, 4.69) is 0 Å². The Morgan fingerprint density at radius 2 is 1.31 bits per heavy atom. The van der Waals surface area contributed by atoms with Crippen molar-refractivity contribution in [3.05, 3.63) is 83.9 Å². The van der Waals surface area contributed by atoms with E-state index in [4.69, 9.17) is 9.47 Å². The van der Waals surface area contributed by atoms with Crippen LogP contribution in [0.3, 0.4) is 0 Å². The summed E-state index contributed by atoms with van der Waals surface area (Å²) in [4.78, 5) is 0.0162. The number of hydrogen-bond donors (Lipinski definition) is 0. The van der Waals surface area contributed by atoms with E-state index in [-0.39, 0.29) is 22.9 Å². The van der Waals surface area contributed by atoms with Crippen LogP contribution >= 0.6 is 0 Å². The van der Waals surface area contributed by atoms with Gasteiger partial charge in [0.25, 0.3) is 0 Å². The van der Waals surface area contributed by atoms with Gasteiger partial charge in [-0.2, -0.15) is 4.31 Å². The van der Waals surface area contributed by atoms with Gasteiger partial charge >= 0.3 is 0 Å². The maximum Gasteiger partial charge on any atom is 0.243 e. The first kappa shape index (κ1) is 26.7. The van der Waals surface area contributed by atoms with Gasteiger partial charge in [-0.05, 0) is 55.0 Å². The maximum absolute atomic E-state index is 13.7. The van der Waals surface area contributed by atoms with E-state index in [0.717, 1.165) is 15.4 Å². The fourth-order valence-corrected chi connectivity index (χ4v) is 5.73. The molecule has 0 saturated heterocycles. The molecule has 0 amide bonds. The Kier molecular flexibility index (Phi) is 8.55. The molecule has 0 radical (unpaired) electrons. The third-order valence-corrected chi connectivity index (χ3v) is 9.01. The molecule has 0 bridgehead atoms. The van der Waals surface area contributed by atoms with Gasteiger partial charge in [-0.3, -0.25) is 0 Å². The molecule has 3 aromatic rings. The SMILES string of the molecule is CCOc1ccccc1CN(Cc1ccc(OC)cc1)S(=O)(=O)c1ccc(S(=O)(=O)N(C)C)cc1. The summed E-state index contributed by atoms with van der Waals surface area (Å²) in [5.74, 6) is 1.28. The number of rotatable bonds is 11. The second kappa shape index (κ2) is 11.2. The Morgan fingerprint density at radius 3 is 1.86 bits per heavy atom. The number of ether oxygens (including phenoxy) is 2. The van der Waals surface area contributed by atoms with Crippen LogP contribution in [-0.4, -0.2) is 53.3 Å². The lowest BCUT2D eigenvalue weighted by molar-refractivity contribution is 0.327. The lowest BCUT2D eigenvalue weighted by Gasteiger charge is -2.24. The van der Waals surface area contributed by atoms with Crippen molar-refractivity contribution in [1.29, 1.82) is 0 Å². The van der Waals surface area contributed by atoms with Crippen molar-refractivity contribution in [1.82, 2.24) is 8.61 Å². The standard InChI is InChI=1S/C25H30N2O6S2/c1-5-33-25-9-7-6-8-21(25)19-27(18-20-10-12-22(32-4)13-11-20)35(30,31)24-16-14-23(15-17-24)34(28,29)26(2)3/h6-17H,5,18-19H2,1-4H3. The summed E-state index contributed by atoms with van der Waals surface area (Å²) < 4.78 is 65.6. The van der Waals surface area contributed by atoms with Crippen molar-refractivity contribution in [2.75, 3.05) is 27.8 Å². The summed E-state index contributed by atoms with van der Waals surface area (Å²) in [6.45, 7) is 2.49. The highest BCUT2D eigenvalue weighted by atomic mass is 32.2. The molecule has 0 aliphatic carbocycles. The van der Waals surface area contributed by atoms with Gasteiger partial charge in [-0.1, -0.05) is 30.3 Å². The summed E-state index contributed by atoms with van der Waals surface area (Å²) in [5, 5.41) is 0. The second-order valence-corrected chi connectivity index (χ2v) is 12.0. The molecule has 0 atom stereocenters. The molecule has 0 fully saturated rings. The highest BCUT2D eigenvalue weighted by Gasteiger charge is 2.27. The van der Waals surface area contributed by atoms with Crippen molar-refractivity contribution in [2.24, 2.45) is 0 Å². The molecule has 10 heteroatoms. The fraction of sp³-hybridized carbons (Fsp3) is 0.280.